The molecule has 0 radical (unpaired) electrons. The van der Waals surface area contributed by atoms with E-state index in [1.54, 1.807) is 4.90 Å². The van der Waals surface area contributed by atoms with E-state index in [4.69, 9.17) is 0 Å². The fourth-order valence-corrected chi connectivity index (χ4v) is 4.75. The van der Waals surface area contributed by atoms with Gasteiger partial charge in [0.1, 0.15) is 6.04 Å². The summed E-state index contributed by atoms with van der Waals surface area (Å²) in [5.74, 6) is -0.0807. The Hall–Kier alpha value is -3.40. The molecule has 1 N–H and O–H groups in total. The van der Waals surface area contributed by atoms with Gasteiger partial charge < -0.3 is 10.2 Å². The average molecular weight is 455 g/mol. The number of carbonyl (C=O) groups is 2. The number of hydrogen-bond donors (Lipinski definition) is 1. The molecule has 4 nitrogen and oxygen atoms in total. The molecule has 0 spiro atoms. The molecular formula is C30H34N2O2. The molecule has 3 aromatic rings. The molecule has 1 fully saturated rings. The second kappa shape index (κ2) is 12.2. The Morgan fingerprint density at radius 1 is 0.735 bits per heavy atom. The van der Waals surface area contributed by atoms with Gasteiger partial charge in [-0.2, -0.15) is 0 Å². The van der Waals surface area contributed by atoms with E-state index in [1.807, 2.05) is 91.0 Å². The molecule has 1 aliphatic carbocycles. The highest BCUT2D eigenvalue weighted by atomic mass is 16.2. The Labute approximate surface area is 203 Å². The smallest absolute Gasteiger partial charge is 0.243 e. The Balaban J connectivity index is 1.62. The first kappa shape index (κ1) is 23.7. The second-order valence-electron chi connectivity index (χ2n) is 9.22. The Bertz CT molecular complexity index is 1030. The van der Waals surface area contributed by atoms with Crippen molar-refractivity contribution in [3.05, 3.63) is 108 Å². The Kier molecular flexibility index (Phi) is 8.50. The lowest BCUT2D eigenvalue weighted by Crippen LogP contribution is -2.53. The summed E-state index contributed by atoms with van der Waals surface area (Å²) in [5, 5.41) is 3.29. The van der Waals surface area contributed by atoms with Crippen LogP contribution < -0.4 is 5.32 Å². The summed E-state index contributed by atoms with van der Waals surface area (Å²) in [4.78, 5) is 29.2. The van der Waals surface area contributed by atoms with Crippen molar-refractivity contribution in [3.8, 4) is 0 Å². The molecule has 176 valence electrons. The van der Waals surface area contributed by atoms with E-state index in [1.165, 1.54) is 6.42 Å². The van der Waals surface area contributed by atoms with Crippen LogP contribution in [0.1, 0.15) is 48.8 Å². The van der Waals surface area contributed by atoms with Crippen LogP contribution in [-0.2, 0) is 29.0 Å². The molecular weight excluding hydrogens is 420 g/mol. The number of nitrogens with zero attached hydrogens (tertiary/aromatic N) is 1. The summed E-state index contributed by atoms with van der Waals surface area (Å²) in [7, 11) is 0. The lowest BCUT2D eigenvalue weighted by Gasteiger charge is -2.33. The monoisotopic (exact) mass is 454 g/mol. The first-order valence-corrected chi connectivity index (χ1v) is 12.4. The topological polar surface area (TPSA) is 49.4 Å². The molecule has 1 atom stereocenters. The molecule has 0 aliphatic heterocycles. The predicted octanol–water partition coefficient (Wildman–Crippen LogP) is 5.32. The van der Waals surface area contributed by atoms with E-state index in [2.05, 4.69) is 5.32 Å². The maximum absolute atomic E-state index is 13.7. The molecule has 34 heavy (non-hydrogen) atoms. The molecule has 3 aromatic carbocycles. The predicted molar refractivity (Wildman–Crippen MR) is 136 cm³/mol. The largest absolute Gasteiger partial charge is 0.352 e. The van der Waals surface area contributed by atoms with Crippen molar-refractivity contribution in [2.45, 2.75) is 63.6 Å². The van der Waals surface area contributed by atoms with Crippen LogP contribution in [0.2, 0.25) is 0 Å². The van der Waals surface area contributed by atoms with Crippen LogP contribution in [-0.4, -0.2) is 28.8 Å². The van der Waals surface area contributed by atoms with Crippen LogP contribution in [0.4, 0.5) is 0 Å². The summed E-state index contributed by atoms with van der Waals surface area (Å²) < 4.78 is 0. The van der Waals surface area contributed by atoms with Crippen molar-refractivity contribution in [1.82, 2.24) is 10.2 Å². The number of rotatable bonds is 9. The van der Waals surface area contributed by atoms with Gasteiger partial charge in [-0.05, 0) is 29.5 Å². The molecule has 0 bridgehead atoms. The zero-order valence-electron chi connectivity index (χ0n) is 19.7. The lowest BCUT2D eigenvalue weighted by molar-refractivity contribution is -0.141. The van der Waals surface area contributed by atoms with Crippen LogP contribution in [0.25, 0.3) is 0 Å². The van der Waals surface area contributed by atoms with Crippen LogP contribution in [0.5, 0.6) is 0 Å². The SMILES string of the molecule is O=C(NC1CCCCC1)C(Cc1ccccc1)N(Cc1ccccc1)C(=O)Cc1ccccc1. The van der Waals surface area contributed by atoms with Gasteiger partial charge in [0.05, 0.1) is 6.42 Å². The summed E-state index contributed by atoms with van der Waals surface area (Å²) in [6.45, 7) is 0.405. The maximum Gasteiger partial charge on any atom is 0.243 e. The third kappa shape index (κ3) is 6.80. The highest BCUT2D eigenvalue weighted by Crippen LogP contribution is 2.20. The number of amides is 2. The fourth-order valence-electron chi connectivity index (χ4n) is 4.75. The van der Waals surface area contributed by atoms with E-state index < -0.39 is 6.04 Å². The van der Waals surface area contributed by atoms with E-state index in [0.29, 0.717) is 13.0 Å². The summed E-state index contributed by atoms with van der Waals surface area (Å²) >= 11 is 0. The van der Waals surface area contributed by atoms with E-state index >= 15 is 0 Å². The molecule has 4 heteroatoms. The van der Waals surface area contributed by atoms with Crippen molar-refractivity contribution < 1.29 is 9.59 Å². The molecule has 4 rings (SSSR count). The minimum Gasteiger partial charge on any atom is -0.352 e. The lowest BCUT2D eigenvalue weighted by atomic mass is 9.94. The highest BCUT2D eigenvalue weighted by molar-refractivity contribution is 5.89. The average Bonchev–Trinajstić information content (AvgIpc) is 2.88. The van der Waals surface area contributed by atoms with Crippen molar-refractivity contribution in [3.63, 3.8) is 0 Å². The van der Waals surface area contributed by atoms with Crippen molar-refractivity contribution >= 4 is 11.8 Å². The minimum absolute atomic E-state index is 0.0326. The fraction of sp³-hybridized carbons (Fsp3) is 0.333. The summed E-state index contributed by atoms with van der Waals surface area (Å²) in [6.07, 6.45) is 6.32. The van der Waals surface area contributed by atoms with Crippen LogP contribution >= 0.6 is 0 Å². The van der Waals surface area contributed by atoms with Crippen molar-refractivity contribution in [2.24, 2.45) is 0 Å². The van der Waals surface area contributed by atoms with Gasteiger partial charge in [0, 0.05) is 19.0 Å². The van der Waals surface area contributed by atoms with E-state index in [9.17, 15) is 9.59 Å². The van der Waals surface area contributed by atoms with Gasteiger partial charge in [-0.15, -0.1) is 0 Å². The summed E-state index contributed by atoms with van der Waals surface area (Å²) in [5.41, 5.74) is 3.03. The van der Waals surface area contributed by atoms with E-state index in [0.717, 1.165) is 42.4 Å². The van der Waals surface area contributed by atoms with Gasteiger partial charge in [0.2, 0.25) is 11.8 Å². The quantitative estimate of drug-likeness (QED) is 0.476. The molecule has 0 aromatic heterocycles. The number of nitrogens with one attached hydrogen (secondary N) is 1. The Morgan fingerprint density at radius 2 is 1.26 bits per heavy atom. The van der Waals surface area contributed by atoms with Gasteiger partial charge in [-0.25, -0.2) is 0 Å². The Morgan fingerprint density at radius 3 is 1.85 bits per heavy atom. The zero-order chi connectivity index (χ0) is 23.6. The molecule has 2 amide bonds. The molecule has 0 saturated heterocycles. The first-order chi connectivity index (χ1) is 16.7. The first-order valence-electron chi connectivity index (χ1n) is 12.4. The van der Waals surface area contributed by atoms with Crippen molar-refractivity contribution in [1.29, 1.82) is 0 Å². The molecule has 0 heterocycles. The van der Waals surface area contributed by atoms with Crippen molar-refractivity contribution in [2.75, 3.05) is 0 Å². The summed E-state index contributed by atoms with van der Waals surface area (Å²) in [6, 6.07) is 29.4. The number of hydrogen-bond acceptors (Lipinski definition) is 2. The number of benzene rings is 3. The van der Waals surface area contributed by atoms with Gasteiger partial charge in [-0.1, -0.05) is 110 Å². The standard InChI is InChI=1S/C30H34N2O2/c33-29(22-25-15-7-2-8-16-25)32(23-26-17-9-3-10-18-26)28(21-24-13-5-1-6-14-24)30(34)31-27-19-11-4-12-20-27/h1-3,5-10,13-18,27-28H,4,11-12,19-23H2,(H,31,34). The van der Waals surface area contributed by atoms with Crippen LogP contribution in [0, 0.1) is 0 Å². The van der Waals surface area contributed by atoms with Crippen LogP contribution in [0.3, 0.4) is 0 Å². The third-order valence-corrected chi connectivity index (χ3v) is 6.62. The molecule has 1 saturated carbocycles. The van der Waals surface area contributed by atoms with E-state index in [-0.39, 0.29) is 24.3 Å². The molecule has 1 aliphatic rings. The maximum atomic E-state index is 13.7. The van der Waals surface area contributed by atoms with Gasteiger partial charge in [0.15, 0.2) is 0 Å². The number of carbonyl (C=O) groups excluding carboxylic acids is 2. The normalized spacial score (nSPS) is 14.8. The highest BCUT2D eigenvalue weighted by Gasteiger charge is 2.31. The zero-order valence-corrected chi connectivity index (χ0v) is 19.7. The minimum atomic E-state index is -0.569. The van der Waals surface area contributed by atoms with Gasteiger partial charge in [0.25, 0.3) is 0 Å². The van der Waals surface area contributed by atoms with Gasteiger partial charge in [-0.3, -0.25) is 9.59 Å². The van der Waals surface area contributed by atoms with Gasteiger partial charge >= 0.3 is 0 Å². The third-order valence-electron chi connectivity index (χ3n) is 6.62. The molecule has 1 unspecified atom stereocenters. The van der Waals surface area contributed by atoms with Crippen LogP contribution in [0.15, 0.2) is 91.0 Å². The second-order valence-corrected chi connectivity index (χ2v) is 9.22.